The van der Waals surface area contributed by atoms with E-state index in [1.165, 1.54) is 0 Å². The van der Waals surface area contributed by atoms with E-state index in [0.717, 1.165) is 77.6 Å². The summed E-state index contributed by atoms with van der Waals surface area (Å²) in [5.74, 6) is 1.68. The Kier molecular flexibility index (Phi) is 5.51. The van der Waals surface area contributed by atoms with Gasteiger partial charge in [-0.25, -0.2) is 14.4 Å². The summed E-state index contributed by atoms with van der Waals surface area (Å²) in [6.45, 7) is 4.44. The molecule has 6 heteroatoms. The zero-order valence-corrected chi connectivity index (χ0v) is 26.4. The number of hydrogen-bond acceptors (Lipinski definition) is 3. The second kappa shape index (κ2) is 9.75. The summed E-state index contributed by atoms with van der Waals surface area (Å²) in [5, 5.41) is 5.09. The SMILES string of the molecule is CC1(C)c2ccccc2Oc2c1cnc1c2c2ccccc2n1-c1cccc(C(F)c2ccc3c4ccccc4n4ccnc4c3c2)c1. The van der Waals surface area contributed by atoms with Crippen LogP contribution in [0.5, 0.6) is 11.5 Å². The summed E-state index contributed by atoms with van der Waals surface area (Å²) in [6, 6.07) is 38.4. The van der Waals surface area contributed by atoms with Gasteiger partial charge in [0, 0.05) is 57.0 Å². The Morgan fingerprint density at radius 1 is 0.667 bits per heavy atom. The highest BCUT2D eigenvalue weighted by Gasteiger charge is 2.36. The number of fused-ring (bicyclic) bond motifs is 12. The van der Waals surface area contributed by atoms with Gasteiger partial charge in [0.05, 0.1) is 16.4 Å². The number of pyridine rings is 2. The molecule has 5 heterocycles. The Bertz CT molecular complexity index is 2770. The minimum absolute atomic E-state index is 0.288. The van der Waals surface area contributed by atoms with Crippen molar-refractivity contribution in [3.8, 4) is 17.2 Å². The molecule has 0 N–H and O–H groups in total. The van der Waals surface area contributed by atoms with Gasteiger partial charge in [-0.05, 0) is 52.9 Å². The fourth-order valence-electron chi connectivity index (χ4n) is 7.79. The Hall–Kier alpha value is -6.01. The molecule has 1 atom stereocenters. The molecule has 0 bridgehead atoms. The molecule has 1 aliphatic rings. The smallest absolute Gasteiger partial charge is 0.150 e. The Morgan fingerprint density at radius 3 is 2.33 bits per heavy atom. The molecule has 0 saturated carbocycles. The van der Waals surface area contributed by atoms with Gasteiger partial charge in [0.1, 0.15) is 22.8 Å². The third-order valence-corrected chi connectivity index (χ3v) is 10.2. The predicted octanol–water partition coefficient (Wildman–Crippen LogP) is 10.6. The van der Waals surface area contributed by atoms with Crippen LogP contribution in [-0.4, -0.2) is 18.9 Å². The van der Waals surface area contributed by atoms with Crippen LogP contribution in [-0.2, 0) is 5.41 Å². The molecule has 0 amide bonds. The molecule has 0 aliphatic carbocycles. The number of benzene rings is 5. The summed E-state index contributed by atoms with van der Waals surface area (Å²) < 4.78 is 27.5. The molecule has 0 spiro atoms. The molecule has 1 aliphatic heterocycles. The maximum absolute atomic E-state index is 16.7. The summed E-state index contributed by atoms with van der Waals surface area (Å²) in [6.07, 6.45) is 4.36. The highest BCUT2D eigenvalue weighted by atomic mass is 19.1. The molecule has 9 aromatic rings. The van der Waals surface area contributed by atoms with Crippen molar-refractivity contribution in [2.75, 3.05) is 0 Å². The van der Waals surface area contributed by atoms with Crippen LogP contribution in [0.2, 0.25) is 0 Å². The lowest BCUT2D eigenvalue weighted by atomic mass is 9.76. The number of para-hydroxylation sites is 3. The van der Waals surface area contributed by atoms with E-state index in [1.807, 2.05) is 91.3 Å². The Morgan fingerprint density at radius 2 is 1.44 bits per heavy atom. The van der Waals surface area contributed by atoms with Crippen LogP contribution in [0.1, 0.15) is 42.3 Å². The van der Waals surface area contributed by atoms with Crippen molar-refractivity contribution in [1.82, 2.24) is 18.9 Å². The Balaban J connectivity index is 1.13. The number of hydrogen-bond donors (Lipinski definition) is 0. The number of alkyl halides is 1. The first-order valence-electron chi connectivity index (χ1n) is 16.2. The molecule has 0 saturated heterocycles. The fourth-order valence-corrected chi connectivity index (χ4v) is 7.79. The van der Waals surface area contributed by atoms with Gasteiger partial charge in [0.25, 0.3) is 0 Å². The normalized spacial score (nSPS) is 14.4. The molecular weight excluding hydrogens is 595 g/mol. The van der Waals surface area contributed by atoms with Gasteiger partial charge in [-0.3, -0.25) is 8.97 Å². The third-order valence-electron chi connectivity index (χ3n) is 10.2. The molecule has 230 valence electrons. The predicted molar refractivity (Wildman–Crippen MR) is 190 cm³/mol. The topological polar surface area (TPSA) is 44.4 Å². The first-order chi connectivity index (χ1) is 23.5. The summed E-state index contributed by atoms with van der Waals surface area (Å²) in [4.78, 5) is 9.72. The number of halogens is 1. The minimum atomic E-state index is -1.34. The van der Waals surface area contributed by atoms with E-state index in [1.54, 1.807) is 6.20 Å². The number of ether oxygens (including phenoxy) is 1. The van der Waals surface area contributed by atoms with Crippen LogP contribution in [0.15, 0.2) is 134 Å². The number of nitrogens with zero attached hydrogens (tertiary/aromatic N) is 4. The van der Waals surface area contributed by atoms with Crippen molar-refractivity contribution in [2.45, 2.75) is 25.4 Å². The first-order valence-corrected chi connectivity index (χ1v) is 16.2. The lowest BCUT2D eigenvalue weighted by Gasteiger charge is -2.34. The zero-order chi connectivity index (χ0) is 32.1. The molecule has 0 radical (unpaired) electrons. The van der Waals surface area contributed by atoms with Crippen LogP contribution in [0.25, 0.3) is 54.9 Å². The fraction of sp³-hybridized carbons (Fsp3) is 0.0952. The molecule has 4 aromatic heterocycles. The zero-order valence-electron chi connectivity index (χ0n) is 26.4. The van der Waals surface area contributed by atoms with Gasteiger partial charge < -0.3 is 4.74 Å². The number of rotatable bonds is 3. The Labute approximate surface area is 275 Å². The second-order valence-corrected chi connectivity index (χ2v) is 13.2. The molecule has 5 aromatic carbocycles. The van der Waals surface area contributed by atoms with E-state index in [-0.39, 0.29) is 5.41 Å². The van der Waals surface area contributed by atoms with Crippen molar-refractivity contribution in [2.24, 2.45) is 0 Å². The number of imidazole rings is 1. The highest BCUT2D eigenvalue weighted by molar-refractivity contribution is 6.13. The molecule has 1 unspecified atom stereocenters. The van der Waals surface area contributed by atoms with Crippen molar-refractivity contribution < 1.29 is 9.13 Å². The third kappa shape index (κ3) is 3.65. The van der Waals surface area contributed by atoms with E-state index in [0.29, 0.717) is 11.1 Å². The quantitative estimate of drug-likeness (QED) is 0.184. The maximum atomic E-state index is 16.7. The van der Waals surface area contributed by atoms with E-state index in [4.69, 9.17) is 9.72 Å². The van der Waals surface area contributed by atoms with Crippen LogP contribution < -0.4 is 4.74 Å². The van der Waals surface area contributed by atoms with Crippen LogP contribution >= 0.6 is 0 Å². The lowest BCUT2D eigenvalue weighted by Crippen LogP contribution is -2.24. The van der Waals surface area contributed by atoms with Crippen LogP contribution in [0.4, 0.5) is 4.39 Å². The summed E-state index contributed by atoms with van der Waals surface area (Å²) in [7, 11) is 0. The van der Waals surface area contributed by atoms with Crippen molar-refractivity contribution in [3.63, 3.8) is 0 Å². The van der Waals surface area contributed by atoms with Gasteiger partial charge in [-0.2, -0.15) is 0 Å². The van der Waals surface area contributed by atoms with Crippen LogP contribution in [0.3, 0.4) is 0 Å². The van der Waals surface area contributed by atoms with E-state index >= 15 is 4.39 Å². The van der Waals surface area contributed by atoms with Crippen molar-refractivity contribution in [1.29, 1.82) is 0 Å². The highest BCUT2D eigenvalue weighted by Crippen LogP contribution is 2.51. The van der Waals surface area contributed by atoms with Gasteiger partial charge in [-0.1, -0.05) is 92.7 Å². The van der Waals surface area contributed by atoms with Gasteiger partial charge >= 0.3 is 0 Å². The average molecular weight is 625 g/mol. The standard InChI is InChI=1S/C42H29FN4O/c1-42(2)32-14-5-8-17-36(32)48-39-33(42)24-45-41-37(39)30-13-4-7-16-35(30)47(41)27-11-9-10-25(22-27)38(43)26-18-19-28-29-12-3-6-15-34(29)46-21-20-44-40(46)31(28)23-26/h3-24,38H,1-2H3. The van der Waals surface area contributed by atoms with E-state index in [9.17, 15) is 0 Å². The lowest BCUT2D eigenvalue weighted by molar-refractivity contribution is 0.402. The molecule has 10 rings (SSSR count). The summed E-state index contributed by atoms with van der Waals surface area (Å²) in [5.41, 5.74) is 7.55. The maximum Gasteiger partial charge on any atom is 0.150 e. The molecule has 5 nitrogen and oxygen atoms in total. The molecule has 0 fully saturated rings. The monoisotopic (exact) mass is 624 g/mol. The number of aromatic nitrogens is 4. The van der Waals surface area contributed by atoms with Gasteiger partial charge in [0.15, 0.2) is 6.17 Å². The van der Waals surface area contributed by atoms with Gasteiger partial charge in [-0.15, -0.1) is 0 Å². The summed E-state index contributed by atoms with van der Waals surface area (Å²) >= 11 is 0. The average Bonchev–Trinajstić information content (AvgIpc) is 3.75. The van der Waals surface area contributed by atoms with Crippen molar-refractivity contribution >= 4 is 49.3 Å². The van der Waals surface area contributed by atoms with E-state index < -0.39 is 6.17 Å². The van der Waals surface area contributed by atoms with Gasteiger partial charge in [0.2, 0.25) is 0 Å². The largest absolute Gasteiger partial charge is 0.456 e. The van der Waals surface area contributed by atoms with Crippen LogP contribution in [0, 0.1) is 0 Å². The minimum Gasteiger partial charge on any atom is -0.456 e. The first kappa shape index (κ1) is 27.1. The van der Waals surface area contributed by atoms with Crippen molar-refractivity contribution in [3.05, 3.63) is 156 Å². The van der Waals surface area contributed by atoms with E-state index in [2.05, 4.69) is 64.2 Å². The molecule has 48 heavy (non-hydrogen) atoms. The molecular formula is C42H29FN4O. The second-order valence-electron chi connectivity index (χ2n) is 13.2.